The molecule has 0 aliphatic carbocycles. The van der Waals surface area contributed by atoms with Gasteiger partial charge in [0.2, 0.25) is 10.0 Å². The highest BCUT2D eigenvalue weighted by atomic mass is 32.2. The lowest BCUT2D eigenvalue weighted by Gasteiger charge is -2.20. The van der Waals surface area contributed by atoms with E-state index in [2.05, 4.69) is 5.32 Å². The molecule has 1 N–H and O–H groups in total. The maximum atomic E-state index is 14.3. The molecule has 0 unspecified atom stereocenters. The molecule has 0 saturated carbocycles. The van der Waals surface area contributed by atoms with Gasteiger partial charge in [0, 0.05) is 18.8 Å². The fourth-order valence-electron chi connectivity index (χ4n) is 2.85. The molecule has 2 rings (SSSR count). The van der Waals surface area contributed by atoms with Crippen LogP contribution < -0.4 is 5.32 Å². The van der Waals surface area contributed by atoms with Gasteiger partial charge in [0.15, 0.2) is 0 Å². The van der Waals surface area contributed by atoms with Crippen molar-refractivity contribution in [1.29, 1.82) is 0 Å². The Hall–Kier alpha value is -2.25. The molecular weight excluding hydrogens is 379 g/mol. The number of halogens is 1. The van der Waals surface area contributed by atoms with Crippen LogP contribution in [0.25, 0.3) is 0 Å². The summed E-state index contributed by atoms with van der Waals surface area (Å²) in [4.78, 5) is 12.5. The van der Waals surface area contributed by atoms with E-state index in [1.807, 2.05) is 26.8 Å². The summed E-state index contributed by atoms with van der Waals surface area (Å²) in [5.74, 6) is -1.45. The molecule has 0 aliphatic rings. The minimum absolute atomic E-state index is 0.0852. The van der Waals surface area contributed by atoms with Gasteiger partial charge in [0.25, 0.3) is 5.91 Å². The standard InChI is InChI=1S/C21H27FN2O3S/c1-5-7-13-24(6-2)28(26,27)17-11-12-19(22)18(14-17)21(25)23-20-10-8-9-15(3)16(20)4/h8-12,14H,5-7,13H2,1-4H3,(H,23,25). The van der Waals surface area contributed by atoms with Crippen LogP contribution in [-0.4, -0.2) is 31.7 Å². The van der Waals surface area contributed by atoms with Gasteiger partial charge < -0.3 is 5.32 Å². The number of sulfonamides is 1. The number of rotatable bonds is 8. The molecule has 0 fully saturated rings. The maximum Gasteiger partial charge on any atom is 0.258 e. The first-order valence-corrected chi connectivity index (χ1v) is 10.8. The van der Waals surface area contributed by atoms with Gasteiger partial charge in [-0.15, -0.1) is 0 Å². The van der Waals surface area contributed by atoms with Crippen LogP contribution in [0.1, 0.15) is 48.2 Å². The second kappa shape index (κ2) is 9.30. The predicted molar refractivity (Wildman–Crippen MR) is 110 cm³/mol. The molecule has 0 bridgehead atoms. The van der Waals surface area contributed by atoms with Crippen LogP contribution in [0.3, 0.4) is 0 Å². The van der Waals surface area contributed by atoms with E-state index in [9.17, 15) is 17.6 Å². The Labute approximate surface area is 166 Å². The lowest BCUT2D eigenvalue weighted by Crippen LogP contribution is -2.32. The molecule has 0 spiro atoms. The minimum atomic E-state index is -3.80. The smallest absolute Gasteiger partial charge is 0.258 e. The minimum Gasteiger partial charge on any atom is -0.322 e. The largest absolute Gasteiger partial charge is 0.322 e. The van der Waals surface area contributed by atoms with Gasteiger partial charge in [-0.05, 0) is 55.7 Å². The number of unbranched alkanes of at least 4 members (excludes halogenated alkanes) is 1. The summed E-state index contributed by atoms with van der Waals surface area (Å²) in [5, 5.41) is 2.68. The fourth-order valence-corrected chi connectivity index (χ4v) is 4.36. The first-order chi connectivity index (χ1) is 13.2. The van der Waals surface area contributed by atoms with E-state index in [0.29, 0.717) is 18.8 Å². The normalized spacial score (nSPS) is 11.6. The summed E-state index contributed by atoms with van der Waals surface area (Å²) in [6.07, 6.45) is 1.59. The molecule has 0 aliphatic heterocycles. The van der Waals surface area contributed by atoms with E-state index < -0.39 is 21.7 Å². The third-order valence-electron chi connectivity index (χ3n) is 4.79. The van der Waals surface area contributed by atoms with E-state index in [-0.39, 0.29) is 10.5 Å². The van der Waals surface area contributed by atoms with Crippen molar-refractivity contribution in [3.05, 3.63) is 58.9 Å². The third kappa shape index (κ3) is 4.77. The first kappa shape index (κ1) is 22.0. The second-order valence-electron chi connectivity index (χ2n) is 6.69. The number of anilines is 1. The van der Waals surface area contributed by atoms with Gasteiger partial charge in [-0.2, -0.15) is 4.31 Å². The first-order valence-electron chi connectivity index (χ1n) is 9.39. The molecule has 2 aromatic rings. The van der Waals surface area contributed by atoms with E-state index in [1.165, 1.54) is 10.4 Å². The van der Waals surface area contributed by atoms with E-state index in [0.717, 1.165) is 36.1 Å². The number of carbonyl (C=O) groups is 1. The zero-order valence-corrected chi connectivity index (χ0v) is 17.6. The highest BCUT2D eigenvalue weighted by Gasteiger charge is 2.25. The summed E-state index contributed by atoms with van der Waals surface area (Å²) in [5.41, 5.74) is 2.13. The van der Waals surface area contributed by atoms with Gasteiger partial charge in [-0.3, -0.25) is 4.79 Å². The summed E-state index contributed by atoms with van der Waals surface area (Å²) in [7, 11) is -3.80. The van der Waals surface area contributed by atoms with E-state index in [4.69, 9.17) is 0 Å². The molecule has 7 heteroatoms. The van der Waals surface area contributed by atoms with Crippen molar-refractivity contribution in [3.8, 4) is 0 Å². The molecule has 28 heavy (non-hydrogen) atoms. The topological polar surface area (TPSA) is 66.5 Å². The van der Waals surface area contributed by atoms with Crippen LogP contribution in [0.15, 0.2) is 41.3 Å². The summed E-state index contributed by atoms with van der Waals surface area (Å²) < 4.78 is 41.4. The number of carbonyl (C=O) groups excluding carboxylic acids is 1. The monoisotopic (exact) mass is 406 g/mol. The molecule has 5 nitrogen and oxygen atoms in total. The lowest BCUT2D eigenvalue weighted by atomic mass is 10.1. The van der Waals surface area contributed by atoms with Crippen molar-refractivity contribution < 1.29 is 17.6 Å². The Kier molecular flexibility index (Phi) is 7.32. The number of amides is 1. The molecular formula is C21H27FN2O3S. The lowest BCUT2D eigenvalue weighted by molar-refractivity contribution is 0.102. The van der Waals surface area contributed by atoms with Gasteiger partial charge in [0.05, 0.1) is 10.5 Å². The predicted octanol–water partition coefficient (Wildman–Crippen LogP) is 4.51. The molecule has 0 radical (unpaired) electrons. The van der Waals surface area contributed by atoms with Crippen LogP contribution in [0, 0.1) is 19.7 Å². The number of hydrogen-bond acceptors (Lipinski definition) is 3. The van der Waals surface area contributed by atoms with E-state index >= 15 is 0 Å². The van der Waals surface area contributed by atoms with Crippen molar-refractivity contribution in [3.63, 3.8) is 0 Å². The van der Waals surface area contributed by atoms with Gasteiger partial charge in [-0.25, -0.2) is 12.8 Å². The summed E-state index contributed by atoms with van der Waals surface area (Å²) >= 11 is 0. The summed E-state index contributed by atoms with van der Waals surface area (Å²) in [6, 6.07) is 8.77. The average Bonchev–Trinajstić information content (AvgIpc) is 2.66. The Morgan fingerprint density at radius 3 is 2.50 bits per heavy atom. The molecule has 0 aromatic heterocycles. The molecule has 2 aromatic carbocycles. The van der Waals surface area contributed by atoms with Crippen molar-refractivity contribution in [2.45, 2.75) is 45.4 Å². The Balaban J connectivity index is 2.36. The highest BCUT2D eigenvalue weighted by molar-refractivity contribution is 7.89. The van der Waals surface area contributed by atoms with Crippen LogP contribution in [0.4, 0.5) is 10.1 Å². The molecule has 0 heterocycles. The van der Waals surface area contributed by atoms with Crippen LogP contribution >= 0.6 is 0 Å². The maximum absolute atomic E-state index is 14.3. The van der Waals surface area contributed by atoms with Crippen molar-refractivity contribution in [1.82, 2.24) is 4.31 Å². The van der Waals surface area contributed by atoms with E-state index in [1.54, 1.807) is 19.1 Å². The number of benzene rings is 2. The van der Waals surface area contributed by atoms with Gasteiger partial charge >= 0.3 is 0 Å². The Morgan fingerprint density at radius 1 is 1.14 bits per heavy atom. The van der Waals surface area contributed by atoms with Crippen molar-refractivity contribution in [2.75, 3.05) is 18.4 Å². The zero-order valence-electron chi connectivity index (χ0n) is 16.8. The van der Waals surface area contributed by atoms with Crippen molar-refractivity contribution in [2.24, 2.45) is 0 Å². The number of aryl methyl sites for hydroxylation is 1. The zero-order chi connectivity index (χ0) is 20.9. The average molecular weight is 407 g/mol. The van der Waals surface area contributed by atoms with Crippen LogP contribution in [0.2, 0.25) is 0 Å². The quantitative estimate of drug-likeness (QED) is 0.702. The molecule has 152 valence electrons. The molecule has 0 atom stereocenters. The Morgan fingerprint density at radius 2 is 1.86 bits per heavy atom. The number of nitrogens with one attached hydrogen (secondary N) is 1. The number of nitrogens with zero attached hydrogens (tertiary/aromatic N) is 1. The SMILES string of the molecule is CCCCN(CC)S(=O)(=O)c1ccc(F)c(C(=O)Nc2cccc(C)c2C)c1. The van der Waals surface area contributed by atoms with Crippen molar-refractivity contribution >= 4 is 21.6 Å². The molecule has 0 saturated heterocycles. The Bertz CT molecular complexity index is 958. The van der Waals surface area contributed by atoms with Crippen LogP contribution in [-0.2, 0) is 10.0 Å². The van der Waals surface area contributed by atoms with Gasteiger partial charge in [0.1, 0.15) is 5.82 Å². The van der Waals surface area contributed by atoms with Gasteiger partial charge in [-0.1, -0.05) is 32.4 Å². The fraction of sp³-hybridized carbons (Fsp3) is 0.381. The highest BCUT2D eigenvalue weighted by Crippen LogP contribution is 2.23. The second-order valence-corrected chi connectivity index (χ2v) is 8.63. The summed E-state index contributed by atoms with van der Waals surface area (Å²) in [6.45, 7) is 8.20. The number of hydrogen-bond donors (Lipinski definition) is 1. The van der Waals surface area contributed by atoms with Crippen LogP contribution in [0.5, 0.6) is 0 Å². The molecule has 1 amide bonds. The third-order valence-corrected chi connectivity index (χ3v) is 6.76.